The number of amides is 2. The molecule has 6 nitrogen and oxygen atoms in total. The van der Waals surface area contributed by atoms with Crippen molar-refractivity contribution in [3.8, 4) is 11.5 Å². The number of anilines is 2. The van der Waals surface area contributed by atoms with Crippen molar-refractivity contribution in [1.82, 2.24) is 0 Å². The smallest absolute Gasteiger partial charge is 0.262 e. The summed E-state index contributed by atoms with van der Waals surface area (Å²) in [4.78, 5) is 24.9. The molecule has 0 aromatic heterocycles. The summed E-state index contributed by atoms with van der Waals surface area (Å²) in [5.74, 6) is 0.835. The molecule has 0 aliphatic heterocycles. The first-order chi connectivity index (χ1) is 12.0. The number of benzene rings is 2. The molecule has 2 aromatic carbocycles. The molecule has 0 heterocycles. The second-order valence-electron chi connectivity index (χ2n) is 5.34. The van der Waals surface area contributed by atoms with Gasteiger partial charge in [0, 0.05) is 19.7 Å². The molecule has 0 spiro atoms. The fourth-order valence-corrected chi connectivity index (χ4v) is 2.13. The van der Waals surface area contributed by atoms with Crippen LogP contribution in [0.4, 0.5) is 11.4 Å². The van der Waals surface area contributed by atoms with Gasteiger partial charge in [0.15, 0.2) is 6.61 Å². The monoisotopic (exact) mass is 342 g/mol. The van der Waals surface area contributed by atoms with E-state index in [0.29, 0.717) is 23.8 Å². The molecule has 132 valence electrons. The molecule has 0 saturated heterocycles. The quantitative estimate of drug-likeness (QED) is 0.840. The van der Waals surface area contributed by atoms with E-state index in [2.05, 4.69) is 5.32 Å². The van der Waals surface area contributed by atoms with Crippen LogP contribution in [0.1, 0.15) is 13.8 Å². The molecule has 6 heteroatoms. The lowest BCUT2D eigenvalue weighted by Crippen LogP contribution is -2.22. The third kappa shape index (κ3) is 5.24. The molecule has 2 rings (SSSR count). The lowest BCUT2D eigenvalue weighted by Gasteiger charge is -2.15. The number of carbonyl (C=O) groups is 2. The zero-order valence-electron chi connectivity index (χ0n) is 14.6. The van der Waals surface area contributed by atoms with E-state index in [4.69, 9.17) is 9.47 Å². The highest BCUT2D eigenvalue weighted by Crippen LogP contribution is 2.23. The Morgan fingerprint density at radius 3 is 2.36 bits per heavy atom. The minimum atomic E-state index is -0.280. The summed E-state index contributed by atoms with van der Waals surface area (Å²) in [6.45, 7) is 3.77. The van der Waals surface area contributed by atoms with E-state index in [1.807, 2.05) is 19.1 Å². The van der Waals surface area contributed by atoms with Gasteiger partial charge in [-0.05, 0) is 43.3 Å². The predicted octanol–water partition coefficient (Wildman–Crippen LogP) is 3.09. The van der Waals surface area contributed by atoms with Gasteiger partial charge in [0.25, 0.3) is 5.91 Å². The Hall–Kier alpha value is -3.02. The lowest BCUT2D eigenvalue weighted by atomic mass is 10.3. The van der Waals surface area contributed by atoms with Gasteiger partial charge in [0.2, 0.25) is 5.91 Å². The minimum absolute atomic E-state index is 0.0546. The van der Waals surface area contributed by atoms with E-state index >= 15 is 0 Å². The van der Waals surface area contributed by atoms with Crippen molar-refractivity contribution in [2.24, 2.45) is 0 Å². The average Bonchev–Trinajstić information content (AvgIpc) is 2.61. The first-order valence-electron chi connectivity index (χ1n) is 8.00. The van der Waals surface area contributed by atoms with Gasteiger partial charge in [0.05, 0.1) is 12.3 Å². The van der Waals surface area contributed by atoms with Crippen molar-refractivity contribution in [3.63, 3.8) is 0 Å². The topological polar surface area (TPSA) is 67.9 Å². The molecule has 0 atom stereocenters. The molecule has 0 radical (unpaired) electrons. The molecule has 1 N–H and O–H groups in total. The van der Waals surface area contributed by atoms with E-state index < -0.39 is 0 Å². The van der Waals surface area contributed by atoms with Crippen molar-refractivity contribution < 1.29 is 19.1 Å². The van der Waals surface area contributed by atoms with Gasteiger partial charge in [0.1, 0.15) is 11.5 Å². The molecule has 2 aromatic rings. The Bertz CT molecular complexity index is 728. The van der Waals surface area contributed by atoms with Crippen LogP contribution in [0.2, 0.25) is 0 Å². The number of hydrogen-bond donors (Lipinski definition) is 1. The van der Waals surface area contributed by atoms with Crippen molar-refractivity contribution >= 4 is 23.2 Å². The van der Waals surface area contributed by atoms with Crippen LogP contribution in [-0.2, 0) is 9.59 Å². The maximum atomic E-state index is 12.1. The van der Waals surface area contributed by atoms with Gasteiger partial charge < -0.3 is 19.7 Å². The normalized spacial score (nSPS) is 10.0. The van der Waals surface area contributed by atoms with E-state index in [1.165, 1.54) is 11.8 Å². The average molecular weight is 342 g/mol. The molecular weight excluding hydrogens is 320 g/mol. The summed E-state index contributed by atoms with van der Waals surface area (Å²) in [5.41, 5.74) is 1.37. The Balaban J connectivity index is 1.91. The Labute approximate surface area is 147 Å². The Morgan fingerprint density at radius 1 is 1.04 bits per heavy atom. The van der Waals surface area contributed by atoms with Gasteiger partial charge in [-0.1, -0.05) is 12.1 Å². The second-order valence-corrected chi connectivity index (χ2v) is 5.34. The highest BCUT2D eigenvalue weighted by molar-refractivity contribution is 5.93. The summed E-state index contributed by atoms with van der Waals surface area (Å²) in [6, 6.07) is 14.2. The molecule has 0 saturated carbocycles. The molecule has 0 aliphatic carbocycles. The van der Waals surface area contributed by atoms with Crippen LogP contribution in [0.3, 0.4) is 0 Å². The van der Waals surface area contributed by atoms with Crippen LogP contribution in [0, 0.1) is 0 Å². The fourth-order valence-electron chi connectivity index (χ4n) is 2.13. The number of nitrogens with zero attached hydrogens (tertiary/aromatic N) is 1. The fraction of sp³-hybridized carbons (Fsp3) is 0.263. The summed E-state index contributed by atoms with van der Waals surface area (Å²) in [7, 11) is 1.70. The zero-order valence-corrected chi connectivity index (χ0v) is 14.6. The number of carbonyl (C=O) groups excluding carboxylic acids is 2. The summed E-state index contributed by atoms with van der Waals surface area (Å²) in [5, 5.41) is 2.77. The van der Waals surface area contributed by atoms with Gasteiger partial charge in [-0.15, -0.1) is 0 Å². The molecule has 0 aliphatic rings. The molecule has 2 amide bonds. The first kappa shape index (κ1) is 18.3. The highest BCUT2D eigenvalue weighted by atomic mass is 16.5. The number of rotatable bonds is 7. The van der Waals surface area contributed by atoms with Gasteiger partial charge in [-0.3, -0.25) is 9.59 Å². The van der Waals surface area contributed by atoms with Crippen molar-refractivity contribution in [2.75, 3.05) is 30.5 Å². The number of para-hydroxylation sites is 2. The Morgan fingerprint density at radius 2 is 1.72 bits per heavy atom. The van der Waals surface area contributed by atoms with E-state index in [-0.39, 0.29) is 18.4 Å². The molecule has 0 bridgehead atoms. The Kier molecular flexibility index (Phi) is 6.39. The van der Waals surface area contributed by atoms with Crippen LogP contribution in [-0.4, -0.2) is 32.1 Å². The maximum absolute atomic E-state index is 12.1. The van der Waals surface area contributed by atoms with Crippen LogP contribution < -0.4 is 19.7 Å². The van der Waals surface area contributed by atoms with Crippen LogP contribution in [0.25, 0.3) is 0 Å². The van der Waals surface area contributed by atoms with Gasteiger partial charge >= 0.3 is 0 Å². The number of hydrogen-bond acceptors (Lipinski definition) is 4. The van der Waals surface area contributed by atoms with Crippen molar-refractivity contribution in [3.05, 3.63) is 48.5 Å². The minimum Gasteiger partial charge on any atom is -0.492 e. The summed E-state index contributed by atoms with van der Waals surface area (Å²) >= 11 is 0. The standard InChI is InChI=1S/C19H22N2O4/c1-4-24-18-8-6-5-7-17(18)20-19(23)13-25-16-11-9-15(10-12-16)21(3)14(2)22/h5-12H,4,13H2,1-3H3,(H,20,23). The third-order valence-electron chi connectivity index (χ3n) is 3.53. The lowest BCUT2D eigenvalue weighted by molar-refractivity contribution is -0.118. The summed E-state index contributed by atoms with van der Waals surface area (Å²) in [6.07, 6.45) is 0. The van der Waals surface area contributed by atoms with E-state index in [0.717, 1.165) is 5.69 Å². The number of nitrogens with one attached hydrogen (secondary N) is 1. The van der Waals surface area contributed by atoms with Crippen molar-refractivity contribution in [1.29, 1.82) is 0 Å². The first-order valence-corrected chi connectivity index (χ1v) is 8.00. The van der Waals surface area contributed by atoms with Crippen molar-refractivity contribution in [2.45, 2.75) is 13.8 Å². The van der Waals surface area contributed by atoms with Crippen LogP contribution >= 0.6 is 0 Å². The summed E-state index contributed by atoms with van der Waals surface area (Å²) < 4.78 is 10.9. The third-order valence-corrected chi connectivity index (χ3v) is 3.53. The molecule has 0 fully saturated rings. The molecular formula is C19H22N2O4. The maximum Gasteiger partial charge on any atom is 0.262 e. The predicted molar refractivity (Wildman–Crippen MR) is 97.3 cm³/mol. The molecule has 0 unspecified atom stereocenters. The number of ether oxygens (including phenoxy) is 2. The SMILES string of the molecule is CCOc1ccccc1NC(=O)COc1ccc(N(C)C(C)=O)cc1. The van der Waals surface area contributed by atoms with E-state index in [1.54, 1.807) is 43.4 Å². The van der Waals surface area contributed by atoms with Gasteiger partial charge in [-0.25, -0.2) is 0 Å². The van der Waals surface area contributed by atoms with E-state index in [9.17, 15) is 9.59 Å². The largest absolute Gasteiger partial charge is 0.492 e. The highest BCUT2D eigenvalue weighted by Gasteiger charge is 2.09. The zero-order chi connectivity index (χ0) is 18.2. The van der Waals surface area contributed by atoms with Crippen LogP contribution in [0.5, 0.6) is 11.5 Å². The van der Waals surface area contributed by atoms with Crippen LogP contribution in [0.15, 0.2) is 48.5 Å². The second kappa shape index (κ2) is 8.73. The molecule has 25 heavy (non-hydrogen) atoms. The van der Waals surface area contributed by atoms with Gasteiger partial charge in [-0.2, -0.15) is 0 Å².